The summed E-state index contributed by atoms with van der Waals surface area (Å²) in [6, 6.07) is 2.08. The number of H-pyrrole nitrogens is 1. The summed E-state index contributed by atoms with van der Waals surface area (Å²) in [5.41, 5.74) is 3.24. The van der Waals surface area contributed by atoms with Crippen molar-refractivity contribution in [2.24, 2.45) is 5.92 Å². The van der Waals surface area contributed by atoms with E-state index in [2.05, 4.69) is 38.7 Å². The summed E-state index contributed by atoms with van der Waals surface area (Å²) in [5.74, 6) is 0.541. The largest absolute Gasteiger partial charge is 0.393 e. The monoisotopic (exact) mass is 291 g/mol. The van der Waals surface area contributed by atoms with E-state index in [0.29, 0.717) is 5.92 Å². The lowest BCUT2D eigenvalue weighted by molar-refractivity contribution is 0.108. The molecule has 2 rings (SSSR count). The molecule has 0 saturated heterocycles. The number of hydrogen-bond acceptors (Lipinski definition) is 2. The maximum Gasteiger partial charge on any atom is 0.251 e. The van der Waals surface area contributed by atoms with Crippen molar-refractivity contribution in [1.29, 1.82) is 0 Å². The fraction of sp³-hybridized carbons (Fsp3) is 0.722. The molecule has 1 aromatic rings. The van der Waals surface area contributed by atoms with Crippen LogP contribution in [-0.4, -0.2) is 16.2 Å². The van der Waals surface area contributed by atoms with Crippen LogP contribution in [0.3, 0.4) is 0 Å². The number of aryl methyl sites for hydroxylation is 1. The Bertz CT molecular complexity index is 537. The molecule has 118 valence electrons. The Morgan fingerprint density at radius 3 is 2.48 bits per heavy atom. The number of aliphatic hydroxyl groups is 1. The lowest BCUT2D eigenvalue weighted by Gasteiger charge is -2.27. The number of hydrogen-bond donors (Lipinski definition) is 2. The van der Waals surface area contributed by atoms with E-state index in [1.54, 1.807) is 0 Å². The van der Waals surface area contributed by atoms with E-state index in [4.69, 9.17) is 0 Å². The van der Waals surface area contributed by atoms with Gasteiger partial charge >= 0.3 is 0 Å². The second-order valence-corrected chi connectivity index (χ2v) is 7.30. The van der Waals surface area contributed by atoms with Crippen molar-refractivity contribution in [3.05, 3.63) is 33.2 Å². The fourth-order valence-electron chi connectivity index (χ4n) is 3.38. The van der Waals surface area contributed by atoms with Crippen LogP contribution >= 0.6 is 0 Å². The third kappa shape index (κ3) is 3.76. The van der Waals surface area contributed by atoms with E-state index in [-0.39, 0.29) is 17.1 Å². The molecule has 0 bridgehead atoms. The van der Waals surface area contributed by atoms with Crippen molar-refractivity contribution < 1.29 is 5.11 Å². The molecule has 1 aliphatic rings. The molecule has 1 heterocycles. The van der Waals surface area contributed by atoms with Gasteiger partial charge in [-0.05, 0) is 63.0 Å². The summed E-state index contributed by atoms with van der Waals surface area (Å²) in [6.45, 7) is 8.59. The molecule has 21 heavy (non-hydrogen) atoms. The van der Waals surface area contributed by atoms with Crippen LogP contribution in [0.5, 0.6) is 0 Å². The molecule has 1 aliphatic carbocycles. The number of aliphatic hydroxyl groups excluding tert-OH is 1. The average Bonchev–Trinajstić information content (AvgIpc) is 2.44. The summed E-state index contributed by atoms with van der Waals surface area (Å²) in [7, 11) is 0. The van der Waals surface area contributed by atoms with E-state index in [1.165, 1.54) is 5.56 Å². The van der Waals surface area contributed by atoms with Gasteiger partial charge in [0.05, 0.1) is 6.10 Å². The first kappa shape index (κ1) is 16.3. The minimum Gasteiger partial charge on any atom is -0.393 e. The van der Waals surface area contributed by atoms with Gasteiger partial charge in [-0.25, -0.2) is 0 Å². The van der Waals surface area contributed by atoms with Crippen LogP contribution in [0.4, 0.5) is 0 Å². The van der Waals surface area contributed by atoms with Crippen molar-refractivity contribution in [2.75, 3.05) is 0 Å². The summed E-state index contributed by atoms with van der Waals surface area (Å²) in [4.78, 5) is 15.5. The Labute approximate surface area is 127 Å². The Hall–Kier alpha value is -1.09. The standard InChI is InChI=1S/C18H29NO2/c1-5-18(3,4)16-12(2)10-14(17(21)19-16)11-13-6-8-15(20)9-7-13/h10,13,15,20H,5-9,11H2,1-4H3,(H,19,21). The van der Waals surface area contributed by atoms with Crippen LogP contribution in [-0.2, 0) is 11.8 Å². The summed E-state index contributed by atoms with van der Waals surface area (Å²) >= 11 is 0. The number of rotatable bonds is 4. The van der Waals surface area contributed by atoms with E-state index < -0.39 is 0 Å². The Morgan fingerprint density at radius 1 is 1.29 bits per heavy atom. The first-order valence-electron chi connectivity index (χ1n) is 8.25. The SMILES string of the molecule is CCC(C)(C)c1[nH]c(=O)c(CC2CCC(O)CC2)cc1C. The van der Waals surface area contributed by atoms with Crippen LogP contribution in [0.2, 0.25) is 0 Å². The van der Waals surface area contributed by atoms with Crippen LogP contribution in [0.25, 0.3) is 0 Å². The highest BCUT2D eigenvalue weighted by molar-refractivity contribution is 5.29. The third-order valence-electron chi connectivity index (χ3n) is 5.20. The topological polar surface area (TPSA) is 53.1 Å². The lowest BCUT2D eigenvalue weighted by Crippen LogP contribution is -2.27. The van der Waals surface area contributed by atoms with Gasteiger partial charge in [0.25, 0.3) is 5.56 Å². The molecule has 0 unspecified atom stereocenters. The third-order valence-corrected chi connectivity index (χ3v) is 5.20. The van der Waals surface area contributed by atoms with Gasteiger partial charge in [0.2, 0.25) is 0 Å². The number of pyridine rings is 1. The van der Waals surface area contributed by atoms with Crippen molar-refractivity contribution in [3.63, 3.8) is 0 Å². The molecule has 2 N–H and O–H groups in total. The Balaban J connectivity index is 2.19. The highest BCUT2D eigenvalue weighted by Gasteiger charge is 2.24. The predicted octanol–water partition coefficient (Wildman–Crippen LogP) is 3.46. The fourth-order valence-corrected chi connectivity index (χ4v) is 3.38. The summed E-state index contributed by atoms with van der Waals surface area (Å²) < 4.78 is 0. The van der Waals surface area contributed by atoms with Gasteiger partial charge < -0.3 is 10.1 Å². The van der Waals surface area contributed by atoms with Gasteiger partial charge in [0.15, 0.2) is 0 Å². The molecule has 0 atom stereocenters. The van der Waals surface area contributed by atoms with Gasteiger partial charge in [-0.15, -0.1) is 0 Å². The smallest absolute Gasteiger partial charge is 0.251 e. The number of aromatic nitrogens is 1. The summed E-state index contributed by atoms with van der Waals surface area (Å²) in [6.07, 6.45) is 5.53. The minimum atomic E-state index is -0.131. The van der Waals surface area contributed by atoms with E-state index >= 15 is 0 Å². The molecule has 0 amide bonds. The maximum absolute atomic E-state index is 12.4. The van der Waals surface area contributed by atoms with Gasteiger partial charge in [0, 0.05) is 16.7 Å². The van der Waals surface area contributed by atoms with Gasteiger partial charge in [-0.3, -0.25) is 4.79 Å². The molecule has 0 aliphatic heterocycles. The highest BCUT2D eigenvalue weighted by Crippen LogP contribution is 2.29. The zero-order valence-electron chi connectivity index (χ0n) is 13.8. The molecular weight excluding hydrogens is 262 g/mol. The molecule has 3 nitrogen and oxygen atoms in total. The van der Waals surface area contributed by atoms with Crippen LogP contribution in [0.1, 0.15) is 69.7 Å². The normalized spacial score (nSPS) is 23.3. The quantitative estimate of drug-likeness (QED) is 0.892. The van der Waals surface area contributed by atoms with Gasteiger partial charge in [0.1, 0.15) is 0 Å². The number of aromatic amines is 1. The molecule has 0 spiro atoms. The van der Waals surface area contributed by atoms with Crippen LogP contribution in [0, 0.1) is 12.8 Å². The summed E-state index contributed by atoms with van der Waals surface area (Å²) in [5, 5.41) is 9.58. The van der Waals surface area contributed by atoms with Gasteiger partial charge in [-0.2, -0.15) is 0 Å². The van der Waals surface area contributed by atoms with E-state index in [9.17, 15) is 9.90 Å². The molecule has 3 heteroatoms. The highest BCUT2D eigenvalue weighted by atomic mass is 16.3. The second kappa shape index (κ2) is 6.35. The molecule has 1 fully saturated rings. The van der Waals surface area contributed by atoms with Crippen LogP contribution < -0.4 is 5.56 Å². The Morgan fingerprint density at radius 2 is 1.90 bits per heavy atom. The van der Waals surface area contributed by atoms with E-state index in [1.807, 2.05) is 0 Å². The Kier molecular flexibility index (Phi) is 4.92. The molecule has 0 radical (unpaired) electrons. The van der Waals surface area contributed by atoms with Crippen molar-refractivity contribution in [1.82, 2.24) is 4.98 Å². The minimum absolute atomic E-state index is 0.0106. The molecular formula is C18H29NO2. The predicted molar refractivity (Wildman–Crippen MR) is 86.8 cm³/mol. The van der Waals surface area contributed by atoms with Crippen LogP contribution in [0.15, 0.2) is 10.9 Å². The van der Waals surface area contributed by atoms with Gasteiger partial charge in [-0.1, -0.05) is 20.8 Å². The van der Waals surface area contributed by atoms with Crippen molar-refractivity contribution >= 4 is 0 Å². The zero-order valence-corrected chi connectivity index (χ0v) is 13.8. The second-order valence-electron chi connectivity index (χ2n) is 7.30. The first-order chi connectivity index (χ1) is 9.83. The van der Waals surface area contributed by atoms with E-state index in [0.717, 1.165) is 49.8 Å². The molecule has 1 saturated carbocycles. The maximum atomic E-state index is 12.4. The lowest BCUT2D eigenvalue weighted by atomic mass is 9.81. The number of nitrogens with one attached hydrogen (secondary N) is 1. The molecule has 1 aromatic heterocycles. The average molecular weight is 291 g/mol. The van der Waals surface area contributed by atoms with Crippen molar-refractivity contribution in [2.45, 2.75) is 77.7 Å². The van der Waals surface area contributed by atoms with Crippen molar-refractivity contribution in [3.8, 4) is 0 Å². The zero-order chi connectivity index (χ0) is 15.6. The first-order valence-corrected chi connectivity index (χ1v) is 8.25. The molecule has 0 aromatic carbocycles.